The number of halogens is 1. The summed E-state index contributed by atoms with van der Waals surface area (Å²) in [4.78, 5) is 10.3. The van der Waals surface area contributed by atoms with Gasteiger partial charge in [-0.15, -0.1) is 0 Å². The van der Waals surface area contributed by atoms with Crippen LogP contribution >= 0.6 is 0 Å². The number of rotatable bonds is 4. The third-order valence-electron chi connectivity index (χ3n) is 1.39. The van der Waals surface area contributed by atoms with E-state index < -0.39 is 5.97 Å². The summed E-state index contributed by atoms with van der Waals surface area (Å²) in [5, 5.41) is 8.47. The lowest BCUT2D eigenvalue weighted by atomic mass is 10.2. The number of quaternary nitrogens is 1. The van der Waals surface area contributed by atoms with E-state index >= 15 is 0 Å². The second-order valence-corrected chi connectivity index (χ2v) is 3.67. The van der Waals surface area contributed by atoms with Gasteiger partial charge < -0.3 is 22.0 Å². The van der Waals surface area contributed by atoms with Gasteiger partial charge in [-0.1, -0.05) is 6.58 Å². The van der Waals surface area contributed by atoms with Crippen LogP contribution in [0.25, 0.3) is 0 Å². The molecule has 4 heteroatoms. The van der Waals surface area contributed by atoms with Gasteiger partial charge in [0.2, 0.25) is 0 Å². The summed E-state index contributed by atoms with van der Waals surface area (Å²) in [5.74, 6) is -0.890. The van der Waals surface area contributed by atoms with Crippen LogP contribution in [0.1, 0.15) is 6.42 Å². The van der Waals surface area contributed by atoms with Crippen LogP contribution in [0.5, 0.6) is 0 Å². The van der Waals surface area contributed by atoms with E-state index in [1.54, 1.807) is 0 Å². The zero-order chi connectivity index (χ0) is 9.07. The zero-order valence-corrected chi connectivity index (χ0v) is 8.56. The molecular formula is C8H16ClNO2. The highest BCUT2D eigenvalue weighted by Crippen LogP contribution is 2.01. The van der Waals surface area contributed by atoms with Gasteiger partial charge in [-0.25, -0.2) is 4.79 Å². The molecule has 0 saturated heterocycles. The molecule has 0 fully saturated rings. The third-order valence-corrected chi connectivity index (χ3v) is 1.39. The molecule has 3 nitrogen and oxygen atoms in total. The van der Waals surface area contributed by atoms with E-state index in [0.29, 0.717) is 6.42 Å². The lowest BCUT2D eigenvalue weighted by Crippen LogP contribution is -3.00. The summed E-state index contributed by atoms with van der Waals surface area (Å²) < 4.78 is 0.770. The molecular weight excluding hydrogens is 178 g/mol. The van der Waals surface area contributed by atoms with Crippen LogP contribution in [0.15, 0.2) is 12.2 Å². The minimum Gasteiger partial charge on any atom is -1.00 e. The van der Waals surface area contributed by atoms with Crippen molar-refractivity contribution in [1.82, 2.24) is 0 Å². The second-order valence-electron chi connectivity index (χ2n) is 3.67. The average Bonchev–Trinajstić information content (AvgIpc) is 1.80. The number of hydrogen-bond donors (Lipinski definition) is 1. The fourth-order valence-electron chi connectivity index (χ4n) is 0.577. The predicted molar refractivity (Wildman–Crippen MR) is 44.3 cm³/mol. The molecule has 0 aromatic heterocycles. The first-order valence-corrected chi connectivity index (χ1v) is 3.54. The normalized spacial score (nSPS) is 10.2. The number of carbonyl (C=O) groups is 1. The second kappa shape index (κ2) is 5.17. The van der Waals surface area contributed by atoms with E-state index in [2.05, 4.69) is 6.58 Å². The van der Waals surface area contributed by atoms with E-state index in [4.69, 9.17) is 5.11 Å². The molecule has 0 bridgehead atoms. The molecule has 0 saturated carbocycles. The van der Waals surface area contributed by atoms with Crippen LogP contribution in [-0.4, -0.2) is 43.2 Å². The van der Waals surface area contributed by atoms with Crippen molar-refractivity contribution in [3.8, 4) is 0 Å². The van der Waals surface area contributed by atoms with E-state index in [1.807, 2.05) is 21.1 Å². The molecule has 0 heterocycles. The van der Waals surface area contributed by atoms with Crippen molar-refractivity contribution in [3.63, 3.8) is 0 Å². The standard InChI is InChI=1S/C8H15NO2.ClH/c1-7(8(10)11)5-6-9(2,3)4;/h1,5-6H2,2-4H3;1H. The molecule has 12 heavy (non-hydrogen) atoms. The average molecular weight is 194 g/mol. The van der Waals surface area contributed by atoms with Gasteiger partial charge in [0.1, 0.15) is 0 Å². The summed E-state index contributed by atoms with van der Waals surface area (Å²) in [6.45, 7) is 4.26. The maximum Gasteiger partial charge on any atom is 0.331 e. The first-order chi connectivity index (χ1) is 4.83. The maximum absolute atomic E-state index is 10.3. The quantitative estimate of drug-likeness (QED) is 0.404. The Labute approximate surface area is 79.7 Å². The van der Waals surface area contributed by atoms with Crippen LogP contribution in [0.4, 0.5) is 0 Å². The number of hydrogen-bond acceptors (Lipinski definition) is 1. The third kappa shape index (κ3) is 7.57. The summed E-state index contributed by atoms with van der Waals surface area (Å²) >= 11 is 0. The van der Waals surface area contributed by atoms with Crippen LogP contribution in [0, 0.1) is 0 Å². The Bertz CT molecular complexity index is 172. The molecule has 0 aromatic carbocycles. The van der Waals surface area contributed by atoms with Crippen molar-refractivity contribution < 1.29 is 26.8 Å². The minimum absolute atomic E-state index is 0. The molecule has 0 aliphatic rings. The summed E-state index contributed by atoms with van der Waals surface area (Å²) in [5.41, 5.74) is 0.290. The first-order valence-electron chi connectivity index (χ1n) is 3.54. The monoisotopic (exact) mass is 193 g/mol. The van der Waals surface area contributed by atoms with Gasteiger partial charge in [0.05, 0.1) is 27.7 Å². The van der Waals surface area contributed by atoms with Crippen molar-refractivity contribution in [2.45, 2.75) is 6.42 Å². The van der Waals surface area contributed by atoms with E-state index in [1.165, 1.54) is 0 Å². The van der Waals surface area contributed by atoms with Gasteiger partial charge in [0.15, 0.2) is 0 Å². The highest BCUT2D eigenvalue weighted by atomic mass is 35.5. The minimum atomic E-state index is -0.890. The Hall–Kier alpha value is -0.540. The van der Waals surface area contributed by atoms with Crippen molar-refractivity contribution in [2.24, 2.45) is 0 Å². The smallest absolute Gasteiger partial charge is 0.331 e. The van der Waals surface area contributed by atoms with Crippen molar-refractivity contribution in [3.05, 3.63) is 12.2 Å². The van der Waals surface area contributed by atoms with Crippen LogP contribution < -0.4 is 12.4 Å². The SMILES string of the molecule is C=C(CC[N+](C)(C)C)C(=O)O.[Cl-]. The molecule has 0 aliphatic carbocycles. The lowest BCUT2D eigenvalue weighted by molar-refractivity contribution is -0.870. The van der Waals surface area contributed by atoms with Crippen molar-refractivity contribution in [2.75, 3.05) is 27.7 Å². The summed E-state index contributed by atoms with van der Waals surface area (Å²) in [6.07, 6.45) is 0.554. The molecule has 0 spiro atoms. The molecule has 0 amide bonds. The van der Waals surface area contributed by atoms with Gasteiger partial charge in [-0.3, -0.25) is 0 Å². The molecule has 72 valence electrons. The van der Waals surface area contributed by atoms with Crippen LogP contribution in [-0.2, 0) is 4.79 Å². The number of aliphatic carboxylic acids is 1. The highest BCUT2D eigenvalue weighted by molar-refractivity contribution is 5.85. The van der Waals surface area contributed by atoms with Crippen LogP contribution in [0.2, 0.25) is 0 Å². The highest BCUT2D eigenvalue weighted by Gasteiger charge is 2.10. The fraction of sp³-hybridized carbons (Fsp3) is 0.625. The van der Waals surface area contributed by atoms with Gasteiger partial charge in [0.25, 0.3) is 0 Å². The predicted octanol–water partition coefficient (Wildman–Crippen LogP) is -2.27. The Balaban J connectivity index is 0. The molecule has 0 atom stereocenters. The van der Waals surface area contributed by atoms with Crippen molar-refractivity contribution in [1.29, 1.82) is 0 Å². The van der Waals surface area contributed by atoms with Crippen molar-refractivity contribution >= 4 is 5.97 Å². The van der Waals surface area contributed by atoms with Crippen LogP contribution in [0.3, 0.4) is 0 Å². The lowest BCUT2D eigenvalue weighted by Gasteiger charge is -2.23. The molecule has 0 rings (SSSR count). The molecule has 0 radical (unpaired) electrons. The summed E-state index contributed by atoms with van der Waals surface area (Å²) in [6, 6.07) is 0. The van der Waals surface area contributed by atoms with E-state index in [-0.39, 0.29) is 18.0 Å². The molecule has 0 unspecified atom stereocenters. The molecule has 0 aliphatic heterocycles. The van der Waals surface area contributed by atoms with Gasteiger partial charge in [0, 0.05) is 12.0 Å². The Morgan fingerprint density at radius 3 is 2.08 bits per heavy atom. The molecule has 1 N–H and O–H groups in total. The number of nitrogens with zero attached hydrogens (tertiary/aromatic N) is 1. The summed E-state index contributed by atoms with van der Waals surface area (Å²) in [7, 11) is 6.07. The zero-order valence-electron chi connectivity index (χ0n) is 7.80. The Morgan fingerprint density at radius 1 is 1.42 bits per heavy atom. The van der Waals surface area contributed by atoms with E-state index in [0.717, 1.165) is 11.0 Å². The van der Waals surface area contributed by atoms with Gasteiger partial charge >= 0.3 is 5.97 Å². The van der Waals surface area contributed by atoms with E-state index in [9.17, 15) is 4.79 Å². The number of carboxylic acid groups (broad SMARTS) is 1. The largest absolute Gasteiger partial charge is 1.00 e. The number of carboxylic acids is 1. The first kappa shape index (κ1) is 14.0. The Kier molecular flexibility index (Phi) is 6.03. The fourth-order valence-corrected chi connectivity index (χ4v) is 0.577. The van der Waals surface area contributed by atoms with Gasteiger partial charge in [-0.05, 0) is 0 Å². The molecule has 0 aromatic rings. The maximum atomic E-state index is 10.3. The Morgan fingerprint density at radius 2 is 1.83 bits per heavy atom. The topological polar surface area (TPSA) is 37.3 Å². The van der Waals surface area contributed by atoms with Gasteiger partial charge in [-0.2, -0.15) is 0 Å².